The third-order valence-corrected chi connectivity index (χ3v) is 13.2. The Balaban J connectivity index is 1.22. The molecule has 0 bridgehead atoms. The van der Waals surface area contributed by atoms with Crippen molar-refractivity contribution in [1.82, 2.24) is 30.2 Å². The van der Waals surface area contributed by atoms with Gasteiger partial charge in [0.1, 0.15) is 36.3 Å². The summed E-state index contributed by atoms with van der Waals surface area (Å²) < 4.78 is 62.7. The van der Waals surface area contributed by atoms with Gasteiger partial charge in [0, 0.05) is 42.0 Å². The highest BCUT2D eigenvalue weighted by Gasteiger charge is 2.57. The molecule has 4 rings (SSSR count). The summed E-state index contributed by atoms with van der Waals surface area (Å²) in [5.74, 6) is -1.16. The van der Waals surface area contributed by atoms with Crippen molar-refractivity contribution in [2.75, 3.05) is 37.8 Å². The number of ether oxygens (including phenoxy) is 1. The first-order chi connectivity index (χ1) is 27.4. The normalized spacial score (nSPS) is 22.6. The summed E-state index contributed by atoms with van der Waals surface area (Å²) in [5, 5.41) is 28.5. The number of allylic oxidation sites excluding steroid dienone is 1. The molecule has 1 aliphatic rings. The van der Waals surface area contributed by atoms with Crippen LogP contribution in [0.15, 0.2) is 42.3 Å². The van der Waals surface area contributed by atoms with E-state index in [1.165, 1.54) is 26.8 Å². The number of imidazole rings is 1. The summed E-state index contributed by atoms with van der Waals surface area (Å²) in [4.78, 5) is 89.2. The van der Waals surface area contributed by atoms with E-state index in [0.717, 1.165) is 33.9 Å². The lowest BCUT2D eigenvalue weighted by Crippen LogP contribution is -2.46. The minimum absolute atomic E-state index is 0.0178. The predicted molar refractivity (Wildman–Crippen MR) is 209 cm³/mol. The lowest BCUT2D eigenvalue weighted by atomic mass is 9.87. The van der Waals surface area contributed by atoms with Gasteiger partial charge in [-0.15, -0.1) is 11.3 Å². The van der Waals surface area contributed by atoms with E-state index < -0.39 is 84.1 Å². The lowest BCUT2D eigenvalue weighted by Gasteiger charge is -2.30. The summed E-state index contributed by atoms with van der Waals surface area (Å²) in [6, 6.07) is 3.88. The van der Waals surface area contributed by atoms with Crippen molar-refractivity contribution >= 4 is 80.5 Å². The highest BCUT2D eigenvalue weighted by atomic mass is 32.2. The molecule has 0 spiro atoms. The Morgan fingerprint density at radius 1 is 1.12 bits per heavy atom. The monoisotopic (exact) mass is 931 g/mol. The Morgan fingerprint density at radius 2 is 1.83 bits per heavy atom. The van der Waals surface area contributed by atoms with E-state index in [0.29, 0.717) is 12.2 Å². The quantitative estimate of drug-likeness (QED) is 0.0380. The van der Waals surface area contributed by atoms with Gasteiger partial charge in [-0.3, -0.25) is 32.5 Å². The number of hydrogen-bond acceptors (Lipinski definition) is 19. The molecule has 1 saturated heterocycles. The number of nitrogens with two attached hydrogens (primary N) is 1. The number of phosphoric ester groups is 3. The zero-order valence-corrected chi connectivity index (χ0v) is 35.8. The molecule has 1 fully saturated rings. The number of anilines is 1. The minimum Gasteiger partial charge on any atom is -0.385 e. The van der Waals surface area contributed by atoms with Crippen molar-refractivity contribution in [3.8, 4) is 0 Å². The van der Waals surface area contributed by atoms with Crippen LogP contribution in [0.2, 0.25) is 0 Å². The van der Waals surface area contributed by atoms with Crippen LogP contribution in [-0.4, -0.2) is 123 Å². The summed E-state index contributed by atoms with van der Waals surface area (Å²) in [5.41, 5.74) is 2.30. The molecule has 59 heavy (non-hydrogen) atoms. The zero-order chi connectivity index (χ0) is 43.8. The molecule has 0 aromatic carbocycles. The molecule has 0 saturated carbocycles. The highest BCUT2D eigenvalue weighted by molar-refractivity contribution is 8.14. The number of carbonyl (C=O) groups excluding carboxylic acids is 3. The standard InChI is InChI=1S/C30H44N7O17P3S2/c1-29(2,25(41)28(42)33-10-9-20(38)32-11-13-59-21(39)8-4-6-18-7-5-12-58-18)15-51-57(48,49)54-56(46,47)50-14-19-23(53-55(43,44)45)24(40)30(3,52-19)37-17-36-22-26(31)34-16-35-27(22)37/h4-5,7-8,12,16-17,19,23-25,40-41H,6,9-11,13-15H2,1-3H3,(H,32,38)(H,33,42)(H,46,47)(H,48,49)(H2,31,34,35)(H2,43,44,45). The zero-order valence-electron chi connectivity index (χ0n) is 31.5. The van der Waals surface area contributed by atoms with Gasteiger partial charge in [-0.2, -0.15) is 4.31 Å². The van der Waals surface area contributed by atoms with Gasteiger partial charge >= 0.3 is 23.5 Å². The topological polar surface area (TPSA) is 364 Å². The number of phosphoric acid groups is 3. The Morgan fingerprint density at radius 3 is 2.51 bits per heavy atom. The second-order valence-corrected chi connectivity index (χ2v) is 19.9. The fourth-order valence-electron chi connectivity index (χ4n) is 5.34. The van der Waals surface area contributed by atoms with E-state index in [9.17, 15) is 57.9 Å². The number of amides is 2. The molecule has 7 unspecified atom stereocenters. The van der Waals surface area contributed by atoms with E-state index in [1.807, 2.05) is 17.5 Å². The number of fused-ring (bicyclic) bond motifs is 1. The number of nitrogens with one attached hydrogen (secondary N) is 2. The molecule has 29 heteroatoms. The van der Waals surface area contributed by atoms with Crippen LogP contribution in [-0.2, 0) is 62.8 Å². The molecule has 0 aliphatic carbocycles. The number of thiophene rings is 1. The number of nitrogens with zero attached hydrogens (tertiary/aromatic N) is 4. The fourth-order valence-corrected chi connectivity index (χ4v) is 9.44. The maximum Gasteiger partial charge on any atom is 0.481 e. The van der Waals surface area contributed by atoms with Crippen LogP contribution in [0.1, 0.15) is 32.1 Å². The third kappa shape index (κ3) is 14.0. The molecule has 7 atom stereocenters. The number of aliphatic hydroxyl groups excluding tert-OH is 2. The fraction of sp³-hybridized carbons (Fsp3) is 0.533. The Kier molecular flexibility index (Phi) is 16.7. The molecule has 0 radical (unpaired) electrons. The van der Waals surface area contributed by atoms with Crippen LogP contribution in [0.3, 0.4) is 0 Å². The predicted octanol–water partition coefficient (Wildman–Crippen LogP) is 0.699. The van der Waals surface area contributed by atoms with Crippen LogP contribution in [0, 0.1) is 5.41 Å². The summed E-state index contributed by atoms with van der Waals surface area (Å²) in [6.07, 6.45) is -1.65. The van der Waals surface area contributed by atoms with E-state index in [-0.39, 0.29) is 41.6 Å². The summed E-state index contributed by atoms with van der Waals surface area (Å²) in [7, 11) is -16.5. The summed E-state index contributed by atoms with van der Waals surface area (Å²) >= 11 is 2.61. The molecule has 24 nitrogen and oxygen atoms in total. The van der Waals surface area contributed by atoms with Gasteiger partial charge in [0.05, 0.1) is 19.5 Å². The number of nitrogen functional groups attached to an aromatic ring is 1. The van der Waals surface area contributed by atoms with Crippen molar-refractivity contribution in [3.05, 3.63) is 47.2 Å². The van der Waals surface area contributed by atoms with Gasteiger partial charge in [0.15, 0.2) is 17.2 Å². The van der Waals surface area contributed by atoms with Crippen molar-refractivity contribution in [2.45, 2.75) is 63.8 Å². The Hall–Kier alpha value is -3.00. The first kappa shape index (κ1) is 48.7. The minimum atomic E-state index is -5.60. The molecule has 3 aromatic heterocycles. The number of carbonyl (C=O) groups is 3. The van der Waals surface area contributed by atoms with E-state index in [4.69, 9.17) is 24.0 Å². The molecule has 3 aromatic rings. The SMILES string of the molecule is CC(C)(COP(=O)(O)OP(=O)(O)OCC1OC(C)(n2cnc3c(N)ncnc32)C(O)C1OP(=O)(O)O)C(O)C(=O)NCCC(=O)NCCSC(=O)C=CCc1cccs1. The average molecular weight is 932 g/mol. The average Bonchev–Trinajstić information content (AvgIpc) is 3.88. The number of hydrogen-bond donors (Lipinski definition) is 9. The smallest absolute Gasteiger partial charge is 0.385 e. The molecule has 4 heterocycles. The van der Waals surface area contributed by atoms with Crippen LogP contribution in [0.25, 0.3) is 11.2 Å². The molecule has 10 N–H and O–H groups in total. The van der Waals surface area contributed by atoms with Crippen molar-refractivity contribution in [1.29, 1.82) is 0 Å². The number of aromatic nitrogens is 4. The summed E-state index contributed by atoms with van der Waals surface area (Å²) in [6.45, 7) is 1.68. The van der Waals surface area contributed by atoms with Crippen molar-refractivity contribution in [2.24, 2.45) is 5.41 Å². The van der Waals surface area contributed by atoms with E-state index in [1.54, 1.807) is 17.4 Å². The van der Waals surface area contributed by atoms with Gasteiger partial charge in [0.2, 0.25) is 16.9 Å². The Bertz CT molecular complexity index is 2120. The number of aliphatic hydroxyl groups is 2. The van der Waals surface area contributed by atoms with Gasteiger partial charge in [0.25, 0.3) is 0 Å². The second-order valence-electron chi connectivity index (χ2n) is 13.5. The van der Waals surface area contributed by atoms with Crippen LogP contribution < -0.4 is 16.4 Å². The molecular weight excluding hydrogens is 887 g/mol. The van der Waals surface area contributed by atoms with Crippen molar-refractivity contribution < 1.29 is 80.5 Å². The lowest BCUT2D eigenvalue weighted by molar-refractivity contribution is -0.137. The van der Waals surface area contributed by atoms with Crippen LogP contribution >= 0.6 is 46.6 Å². The van der Waals surface area contributed by atoms with Gasteiger partial charge in [-0.1, -0.05) is 37.8 Å². The van der Waals surface area contributed by atoms with E-state index in [2.05, 4.69) is 29.9 Å². The second kappa shape index (κ2) is 20.2. The van der Waals surface area contributed by atoms with Gasteiger partial charge in [-0.25, -0.2) is 28.6 Å². The maximum atomic E-state index is 12.8. The molecule has 2 amide bonds. The van der Waals surface area contributed by atoms with Crippen molar-refractivity contribution in [3.63, 3.8) is 0 Å². The first-order valence-electron chi connectivity index (χ1n) is 17.2. The molecular formula is C30H44N7O17P3S2. The van der Waals surface area contributed by atoms with Gasteiger partial charge < -0.3 is 50.9 Å². The maximum absolute atomic E-state index is 12.8. The number of thioether (sulfide) groups is 1. The molecule has 1 aliphatic heterocycles. The van der Waals surface area contributed by atoms with Gasteiger partial charge in [-0.05, 0) is 24.4 Å². The van der Waals surface area contributed by atoms with Crippen LogP contribution in [0.4, 0.5) is 5.82 Å². The third-order valence-electron chi connectivity index (χ3n) is 8.38. The Labute approximate surface area is 344 Å². The highest BCUT2D eigenvalue weighted by Crippen LogP contribution is 2.61. The molecule has 328 valence electrons. The largest absolute Gasteiger partial charge is 0.481 e. The number of rotatable bonds is 22. The van der Waals surface area contributed by atoms with Crippen LogP contribution in [0.5, 0.6) is 0 Å². The van der Waals surface area contributed by atoms with E-state index >= 15 is 0 Å². The first-order valence-corrected chi connectivity index (χ1v) is 23.6.